The van der Waals surface area contributed by atoms with Crippen LogP contribution in [-0.4, -0.2) is 13.5 Å². The molecule has 5 heteroatoms. The Morgan fingerprint density at radius 1 is 1.33 bits per heavy atom. The Morgan fingerprint density at radius 2 is 2.12 bits per heavy atom. The quantitative estimate of drug-likeness (QED) is 0.833. The van der Waals surface area contributed by atoms with Crippen LogP contribution in [-0.2, 0) is 16.9 Å². The molecular weight excluding hydrogens is 327 g/mol. The molecule has 126 valence electrons. The molecule has 3 nitrogen and oxygen atoms in total. The van der Waals surface area contributed by atoms with Crippen molar-refractivity contribution < 1.29 is 13.2 Å². The summed E-state index contributed by atoms with van der Waals surface area (Å²) in [6, 6.07) is 13.7. The lowest BCUT2D eigenvalue weighted by molar-refractivity contribution is -0.0128. The largest absolute Gasteiger partial charge is 0.361 e. The van der Waals surface area contributed by atoms with Crippen molar-refractivity contribution in [2.45, 2.75) is 25.0 Å². The SMILES string of the molecule is Cl.[2H]C([2H])([2H])NCCC[C@@]1(c2ccc(F)cc2)OCc2cc(C#N)ccc21. The van der Waals surface area contributed by atoms with Crippen LogP contribution in [0, 0.1) is 17.1 Å². The minimum Gasteiger partial charge on any atom is -0.361 e. The van der Waals surface area contributed by atoms with Gasteiger partial charge in [0.25, 0.3) is 0 Å². The molecule has 1 atom stereocenters. The molecule has 3 rings (SSSR count). The lowest BCUT2D eigenvalue weighted by Gasteiger charge is -2.30. The highest BCUT2D eigenvalue weighted by Gasteiger charge is 2.41. The van der Waals surface area contributed by atoms with E-state index in [1.807, 2.05) is 6.07 Å². The second kappa shape index (κ2) is 7.76. The molecule has 0 radical (unpaired) electrons. The fourth-order valence-corrected chi connectivity index (χ4v) is 3.19. The lowest BCUT2D eigenvalue weighted by atomic mass is 9.81. The van der Waals surface area contributed by atoms with E-state index in [4.69, 9.17) is 14.1 Å². The van der Waals surface area contributed by atoms with Crippen LogP contribution in [0.3, 0.4) is 0 Å². The Hall–Kier alpha value is -1.93. The van der Waals surface area contributed by atoms with Crippen LogP contribution >= 0.6 is 12.4 Å². The zero-order valence-corrected chi connectivity index (χ0v) is 13.8. The van der Waals surface area contributed by atoms with Gasteiger partial charge in [-0.1, -0.05) is 18.2 Å². The average Bonchev–Trinajstić information content (AvgIpc) is 2.97. The first-order valence-corrected chi connectivity index (χ1v) is 7.53. The predicted molar refractivity (Wildman–Crippen MR) is 93.5 cm³/mol. The first kappa shape index (κ1) is 14.4. The van der Waals surface area contributed by atoms with Crippen LogP contribution in [0.1, 0.15) is 39.2 Å². The first-order chi connectivity index (χ1) is 12.3. The highest BCUT2D eigenvalue weighted by Crippen LogP contribution is 2.45. The zero-order chi connectivity index (χ0) is 18.8. The second-order valence-corrected chi connectivity index (χ2v) is 5.64. The zero-order valence-electron chi connectivity index (χ0n) is 16.0. The van der Waals surface area contributed by atoms with Crippen molar-refractivity contribution >= 4 is 12.4 Å². The third-order valence-electron chi connectivity index (χ3n) is 4.28. The number of fused-ring (bicyclic) bond motifs is 1. The van der Waals surface area contributed by atoms with Gasteiger partial charge in [0.2, 0.25) is 0 Å². The van der Waals surface area contributed by atoms with Gasteiger partial charge in [0.05, 0.1) is 18.2 Å². The second-order valence-electron chi connectivity index (χ2n) is 5.64. The van der Waals surface area contributed by atoms with E-state index >= 15 is 0 Å². The van der Waals surface area contributed by atoms with E-state index in [0.717, 1.165) is 16.7 Å². The molecule has 2 aromatic carbocycles. The molecule has 0 spiro atoms. The van der Waals surface area contributed by atoms with Gasteiger partial charge in [-0.25, -0.2) is 4.39 Å². The highest BCUT2D eigenvalue weighted by atomic mass is 35.5. The molecule has 0 aromatic heterocycles. The Kier molecular flexibility index (Phi) is 4.66. The molecule has 1 N–H and O–H groups in total. The number of hydrogen-bond donors (Lipinski definition) is 1. The molecule has 0 saturated heterocycles. The number of nitrogens with zero attached hydrogens (tertiary/aromatic N) is 1. The molecule has 0 amide bonds. The molecule has 1 heterocycles. The van der Waals surface area contributed by atoms with Gasteiger partial charge in [-0.2, -0.15) is 5.26 Å². The normalized spacial score (nSPS) is 20.9. The minimum absolute atomic E-state index is 0. The van der Waals surface area contributed by atoms with Gasteiger partial charge in [0.15, 0.2) is 0 Å². The van der Waals surface area contributed by atoms with E-state index in [1.54, 1.807) is 24.3 Å². The number of rotatable bonds is 5. The molecule has 0 saturated carbocycles. The van der Waals surface area contributed by atoms with Crippen molar-refractivity contribution in [2.75, 3.05) is 13.5 Å². The molecule has 0 fully saturated rings. The number of ether oxygens (including phenoxy) is 1. The van der Waals surface area contributed by atoms with Crippen LogP contribution in [0.25, 0.3) is 0 Å². The van der Waals surface area contributed by atoms with E-state index in [-0.39, 0.29) is 18.2 Å². The molecular formula is C19H20ClFN2O. The maximum absolute atomic E-state index is 13.4. The summed E-state index contributed by atoms with van der Waals surface area (Å²) in [5.41, 5.74) is 2.48. The number of nitriles is 1. The van der Waals surface area contributed by atoms with Gasteiger partial charge in [-0.05, 0) is 67.3 Å². The first-order valence-electron chi connectivity index (χ1n) is 9.03. The van der Waals surface area contributed by atoms with E-state index < -0.39 is 12.6 Å². The molecule has 0 aliphatic carbocycles. The van der Waals surface area contributed by atoms with Gasteiger partial charge in [0.1, 0.15) is 11.4 Å². The van der Waals surface area contributed by atoms with E-state index in [2.05, 4.69) is 11.4 Å². The van der Waals surface area contributed by atoms with Crippen LogP contribution in [0.2, 0.25) is 0 Å². The average molecular weight is 350 g/mol. The van der Waals surface area contributed by atoms with Crippen LogP contribution in [0.4, 0.5) is 4.39 Å². The van der Waals surface area contributed by atoms with E-state index in [0.29, 0.717) is 31.6 Å². The Morgan fingerprint density at radius 3 is 2.83 bits per heavy atom. The van der Waals surface area contributed by atoms with Crippen molar-refractivity contribution in [2.24, 2.45) is 0 Å². The van der Waals surface area contributed by atoms with Gasteiger partial charge in [0, 0.05) is 4.11 Å². The van der Waals surface area contributed by atoms with Crippen LogP contribution in [0.5, 0.6) is 0 Å². The van der Waals surface area contributed by atoms with E-state index in [1.165, 1.54) is 12.1 Å². The monoisotopic (exact) mass is 349 g/mol. The van der Waals surface area contributed by atoms with Crippen molar-refractivity contribution in [1.82, 2.24) is 5.32 Å². The lowest BCUT2D eigenvalue weighted by Crippen LogP contribution is -2.28. The molecule has 0 bridgehead atoms. The van der Waals surface area contributed by atoms with Crippen molar-refractivity contribution in [1.29, 1.82) is 5.26 Å². The highest BCUT2D eigenvalue weighted by molar-refractivity contribution is 5.85. The summed E-state index contributed by atoms with van der Waals surface area (Å²) in [6.07, 6.45) is 1.11. The van der Waals surface area contributed by atoms with Gasteiger partial charge in [-0.3, -0.25) is 0 Å². The molecule has 0 unspecified atom stereocenters. The summed E-state index contributed by atoms with van der Waals surface area (Å²) < 4.78 is 41.3. The maximum Gasteiger partial charge on any atom is 0.123 e. The number of hydrogen-bond acceptors (Lipinski definition) is 3. The van der Waals surface area contributed by atoms with Gasteiger partial charge in [-0.15, -0.1) is 12.4 Å². The van der Waals surface area contributed by atoms with Crippen LogP contribution < -0.4 is 5.32 Å². The molecule has 24 heavy (non-hydrogen) atoms. The Labute approximate surface area is 152 Å². The van der Waals surface area contributed by atoms with Gasteiger partial charge >= 0.3 is 0 Å². The molecule has 1 aliphatic rings. The Bertz CT molecular complexity index is 836. The van der Waals surface area contributed by atoms with Crippen molar-refractivity contribution in [3.63, 3.8) is 0 Å². The summed E-state index contributed by atoms with van der Waals surface area (Å²) in [6.45, 7) is -1.51. The van der Waals surface area contributed by atoms with Crippen LogP contribution in [0.15, 0.2) is 42.5 Å². The van der Waals surface area contributed by atoms with Gasteiger partial charge < -0.3 is 10.1 Å². The summed E-state index contributed by atoms with van der Waals surface area (Å²) >= 11 is 0. The molecule has 2 aromatic rings. The standard InChI is InChI=1S/C19H19FN2O.ClH/c1-22-10-2-9-19(16-4-6-17(20)7-5-16)18-8-3-14(12-21)11-15(18)13-23-19;/h3-8,11,22H,2,9-10,13H2,1H3;1H/t19-;/m0./s1/i1D3;. The summed E-state index contributed by atoms with van der Waals surface area (Å²) in [4.78, 5) is 0. The number of halogens is 2. The topological polar surface area (TPSA) is 45.0 Å². The summed E-state index contributed by atoms with van der Waals surface area (Å²) in [5.74, 6) is -0.328. The smallest absolute Gasteiger partial charge is 0.123 e. The summed E-state index contributed by atoms with van der Waals surface area (Å²) in [7, 11) is 0. The minimum atomic E-state index is -2.18. The number of nitrogens with one attached hydrogen (secondary N) is 1. The predicted octanol–water partition coefficient (Wildman–Crippen LogP) is 3.89. The Balaban J connectivity index is 0.00000261. The van der Waals surface area contributed by atoms with Crippen molar-refractivity contribution in [3.05, 3.63) is 70.5 Å². The number of benzene rings is 2. The third-order valence-corrected chi connectivity index (χ3v) is 4.28. The maximum atomic E-state index is 13.4. The summed E-state index contributed by atoms with van der Waals surface area (Å²) in [5, 5.41) is 11.6. The fraction of sp³-hybridized carbons (Fsp3) is 0.316. The fourth-order valence-electron chi connectivity index (χ4n) is 3.19. The third kappa shape index (κ3) is 3.29. The molecule has 1 aliphatic heterocycles. The van der Waals surface area contributed by atoms with Crippen molar-refractivity contribution in [3.8, 4) is 6.07 Å². The van der Waals surface area contributed by atoms with E-state index in [9.17, 15) is 4.39 Å².